The largest absolute Gasteiger partial charge is 0.311 e. The van der Waals surface area contributed by atoms with Crippen molar-refractivity contribution in [2.75, 3.05) is 11.4 Å². The van der Waals surface area contributed by atoms with Crippen LogP contribution in [0.1, 0.15) is 45.1 Å². The maximum Gasteiger partial charge on any atom is 0.242 e. The molecular weight excluding hydrogens is 392 g/mol. The molecule has 0 saturated heterocycles. The van der Waals surface area contributed by atoms with Gasteiger partial charge in [-0.1, -0.05) is 35.7 Å². The number of halogens is 1. The van der Waals surface area contributed by atoms with Crippen molar-refractivity contribution in [3.05, 3.63) is 22.2 Å². The van der Waals surface area contributed by atoms with E-state index in [1.54, 1.807) is 11.0 Å². The van der Waals surface area contributed by atoms with E-state index in [0.29, 0.717) is 24.6 Å². The minimum absolute atomic E-state index is 0.0365. The first-order chi connectivity index (χ1) is 11.3. The molecule has 0 spiro atoms. The van der Waals surface area contributed by atoms with Crippen LogP contribution in [0.2, 0.25) is 0 Å². The Morgan fingerprint density at radius 3 is 2.67 bits per heavy atom. The second-order valence-electron chi connectivity index (χ2n) is 6.82. The van der Waals surface area contributed by atoms with E-state index in [9.17, 15) is 13.2 Å². The van der Waals surface area contributed by atoms with E-state index in [0.717, 1.165) is 35.7 Å². The van der Waals surface area contributed by atoms with Crippen LogP contribution in [0.15, 0.2) is 21.5 Å². The fourth-order valence-electron chi connectivity index (χ4n) is 3.74. The smallest absolute Gasteiger partial charge is 0.242 e. The van der Waals surface area contributed by atoms with E-state index in [2.05, 4.69) is 27.6 Å². The Morgan fingerprint density at radius 1 is 1.29 bits per heavy atom. The third-order valence-corrected chi connectivity index (χ3v) is 7.04. The Hall–Kier alpha value is -0.920. The van der Waals surface area contributed by atoms with E-state index >= 15 is 0 Å². The maximum atomic E-state index is 13.1. The molecule has 3 rings (SSSR count). The first-order valence-electron chi connectivity index (χ1n) is 8.42. The summed E-state index contributed by atoms with van der Waals surface area (Å²) in [7, 11) is -3.68. The topological polar surface area (TPSA) is 66.5 Å². The van der Waals surface area contributed by atoms with Gasteiger partial charge in [0.1, 0.15) is 4.90 Å². The molecule has 1 heterocycles. The lowest BCUT2D eigenvalue weighted by molar-refractivity contribution is -0.116. The lowest BCUT2D eigenvalue weighted by Crippen LogP contribution is -2.41. The zero-order chi connectivity index (χ0) is 17.5. The van der Waals surface area contributed by atoms with Crippen molar-refractivity contribution in [3.63, 3.8) is 0 Å². The van der Waals surface area contributed by atoms with Crippen LogP contribution in [0, 0.1) is 5.92 Å². The Labute approximate surface area is 152 Å². The normalized spacial score (nSPS) is 24.0. The molecule has 1 aliphatic carbocycles. The van der Waals surface area contributed by atoms with Crippen LogP contribution in [0.3, 0.4) is 0 Å². The van der Waals surface area contributed by atoms with Gasteiger partial charge in [0.2, 0.25) is 15.9 Å². The SMILES string of the molecule is CC(=O)N1CCc2cc(Br)cc(S(=O)(=O)NC3CCCCC3C)c21. The maximum absolute atomic E-state index is 13.1. The fraction of sp³-hybridized carbons (Fsp3) is 0.588. The molecule has 1 N–H and O–H groups in total. The number of nitrogens with zero attached hydrogens (tertiary/aromatic N) is 1. The summed E-state index contributed by atoms with van der Waals surface area (Å²) in [6.45, 7) is 4.10. The predicted octanol–water partition coefficient (Wildman–Crippen LogP) is 3.22. The van der Waals surface area contributed by atoms with Crippen molar-refractivity contribution in [1.29, 1.82) is 0 Å². The fourth-order valence-corrected chi connectivity index (χ4v) is 6.05. The van der Waals surface area contributed by atoms with E-state index in [4.69, 9.17) is 0 Å². The summed E-state index contributed by atoms with van der Waals surface area (Å²) in [6, 6.07) is 3.47. The van der Waals surface area contributed by atoms with Crippen LogP contribution < -0.4 is 9.62 Å². The number of fused-ring (bicyclic) bond motifs is 1. The average molecular weight is 415 g/mol. The van der Waals surface area contributed by atoms with Gasteiger partial charge in [-0.05, 0) is 42.9 Å². The number of carbonyl (C=O) groups is 1. The molecule has 0 radical (unpaired) electrons. The number of hydrogen-bond acceptors (Lipinski definition) is 3. The number of amides is 1. The number of rotatable bonds is 3. The van der Waals surface area contributed by atoms with Crippen molar-refractivity contribution in [1.82, 2.24) is 4.72 Å². The molecule has 1 aromatic carbocycles. The van der Waals surface area contributed by atoms with Gasteiger partial charge >= 0.3 is 0 Å². The van der Waals surface area contributed by atoms with E-state index in [-0.39, 0.29) is 16.8 Å². The number of carbonyl (C=O) groups excluding carboxylic acids is 1. The van der Waals surface area contributed by atoms with Crippen molar-refractivity contribution in [2.45, 2.75) is 56.9 Å². The first-order valence-corrected chi connectivity index (χ1v) is 10.7. The first kappa shape index (κ1) is 17.9. The van der Waals surface area contributed by atoms with Gasteiger partial charge in [-0.2, -0.15) is 0 Å². The van der Waals surface area contributed by atoms with Gasteiger partial charge in [0, 0.05) is 24.0 Å². The minimum atomic E-state index is -3.68. The van der Waals surface area contributed by atoms with E-state index in [1.165, 1.54) is 6.92 Å². The second kappa shape index (κ2) is 6.77. The van der Waals surface area contributed by atoms with Crippen molar-refractivity contribution < 1.29 is 13.2 Å². The zero-order valence-electron chi connectivity index (χ0n) is 14.0. The van der Waals surface area contributed by atoms with Gasteiger partial charge in [0.25, 0.3) is 0 Å². The molecule has 5 nitrogen and oxygen atoms in total. The quantitative estimate of drug-likeness (QED) is 0.825. The molecule has 1 amide bonds. The molecule has 0 aromatic heterocycles. The summed E-state index contributed by atoms with van der Waals surface area (Å²) in [5.74, 6) is 0.205. The van der Waals surface area contributed by atoms with Gasteiger partial charge in [-0.3, -0.25) is 4.79 Å². The summed E-state index contributed by atoms with van der Waals surface area (Å²) in [5, 5.41) is 0. The lowest BCUT2D eigenvalue weighted by atomic mass is 9.87. The molecular formula is C17H23BrN2O3S. The van der Waals surface area contributed by atoms with E-state index < -0.39 is 10.0 Å². The molecule has 24 heavy (non-hydrogen) atoms. The molecule has 2 atom stereocenters. The van der Waals surface area contributed by atoms with E-state index in [1.807, 2.05) is 6.07 Å². The predicted molar refractivity (Wildman–Crippen MR) is 97.6 cm³/mol. The van der Waals surface area contributed by atoms with Gasteiger partial charge in [0.15, 0.2) is 0 Å². The molecule has 1 saturated carbocycles. The molecule has 7 heteroatoms. The number of sulfonamides is 1. The number of hydrogen-bond donors (Lipinski definition) is 1. The molecule has 0 bridgehead atoms. The van der Waals surface area contributed by atoms with Crippen LogP contribution >= 0.6 is 15.9 Å². The molecule has 1 fully saturated rings. The number of anilines is 1. The second-order valence-corrected chi connectivity index (χ2v) is 9.42. The van der Waals surface area contributed by atoms with Crippen molar-refractivity contribution in [2.24, 2.45) is 5.92 Å². The van der Waals surface area contributed by atoms with Crippen LogP contribution in [-0.2, 0) is 21.2 Å². The Morgan fingerprint density at radius 2 is 2.00 bits per heavy atom. The summed E-state index contributed by atoms with van der Waals surface area (Å²) in [6.07, 6.45) is 4.80. The molecule has 1 aromatic rings. The lowest BCUT2D eigenvalue weighted by Gasteiger charge is -2.30. The van der Waals surface area contributed by atoms with Crippen LogP contribution in [-0.4, -0.2) is 26.9 Å². The van der Waals surface area contributed by atoms with Crippen molar-refractivity contribution in [3.8, 4) is 0 Å². The highest BCUT2D eigenvalue weighted by Gasteiger charge is 2.33. The molecule has 2 unspecified atom stereocenters. The highest BCUT2D eigenvalue weighted by atomic mass is 79.9. The molecule has 132 valence electrons. The van der Waals surface area contributed by atoms with Gasteiger partial charge in [-0.25, -0.2) is 13.1 Å². The van der Waals surface area contributed by atoms with Crippen molar-refractivity contribution >= 4 is 37.5 Å². The minimum Gasteiger partial charge on any atom is -0.311 e. The van der Waals surface area contributed by atoms with Crippen LogP contribution in [0.5, 0.6) is 0 Å². The third kappa shape index (κ3) is 3.39. The third-order valence-electron chi connectivity index (χ3n) is 5.08. The van der Waals surface area contributed by atoms with Crippen LogP contribution in [0.4, 0.5) is 5.69 Å². The highest BCUT2D eigenvalue weighted by molar-refractivity contribution is 9.10. The summed E-state index contributed by atoms with van der Waals surface area (Å²) < 4.78 is 29.7. The Balaban J connectivity index is 2.00. The summed E-state index contributed by atoms with van der Waals surface area (Å²) >= 11 is 3.41. The van der Waals surface area contributed by atoms with Gasteiger partial charge in [-0.15, -0.1) is 0 Å². The number of benzene rings is 1. The monoisotopic (exact) mass is 414 g/mol. The van der Waals surface area contributed by atoms with Crippen LogP contribution in [0.25, 0.3) is 0 Å². The number of nitrogens with one attached hydrogen (secondary N) is 1. The summed E-state index contributed by atoms with van der Waals surface area (Å²) in [4.78, 5) is 13.7. The highest BCUT2D eigenvalue weighted by Crippen LogP contribution is 2.38. The standard InChI is InChI=1S/C17H23BrN2O3S/c1-11-5-3-4-6-15(11)19-24(22,23)16-10-14(18)9-13-7-8-20(12(2)21)17(13)16/h9-11,15,19H,3-8H2,1-2H3. The average Bonchev–Trinajstić information content (AvgIpc) is 2.92. The van der Waals surface area contributed by atoms with Gasteiger partial charge in [0.05, 0.1) is 5.69 Å². The summed E-state index contributed by atoms with van der Waals surface area (Å²) in [5.41, 5.74) is 1.44. The molecule has 2 aliphatic rings. The zero-order valence-corrected chi connectivity index (χ0v) is 16.4. The Bertz CT molecular complexity index is 763. The molecule has 1 aliphatic heterocycles. The van der Waals surface area contributed by atoms with Gasteiger partial charge < -0.3 is 4.90 Å². The Kier molecular flexibility index (Phi) is 5.04.